The third kappa shape index (κ3) is 14.8. The largest absolute Gasteiger partial charge is 0.432 e. The zero-order valence-corrected chi connectivity index (χ0v) is 61.3. The fourth-order valence-electron chi connectivity index (χ4n) is 20.5. The Kier molecular flexibility index (Phi) is 25.3. The van der Waals surface area contributed by atoms with E-state index in [9.17, 15) is 107 Å². The number of esters is 1. The molecule has 21 N–H and O–H groups in total. The number of aliphatic hydroxyl groups excluding tert-OH is 21. The van der Waals surface area contributed by atoms with E-state index in [1.54, 1.807) is 0 Å². The maximum atomic E-state index is 15.3. The summed E-state index contributed by atoms with van der Waals surface area (Å²) in [6.45, 7) is 11.9. The lowest BCUT2D eigenvalue weighted by Gasteiger charge is -2.71. The van der Waals surface area contributed by atoms with E-state index in [4.69, 9.17) is 66.3 Å². The standard InChI is InChI=1S/C71H116O36/c1-26-38(77)44(83)49(88)59(96-26)105-56-53(92)63(100-33(22-74)54(56)103-60-50(89)46(85)42(81)32(21-73)99-60)104-55-39(78)27(2)97-62(52(55)91)106-57-40(79)30(76)23-94-64(57)102-37-12-13-67(5)35(68(37,6)25-75)11-14-70(8)36(67)10-9-28-29-19-66(3,4)15-17-71(29,18-16-69(28,70)7)65(93)107-61-51(90)47(86)43(82)34(101-61)24-95-58-48(87)45(84)41(80)31(20-72)98-58/h9,26-27,29-64,72-92H,10-25H2,1-8H3/t26-,27-,29?,30-,31+,32+,33+,34+,35?,36?,37?,38-,39-,40-,41+,42+,43+,44+,45-,46-,47-,48+,49+,50+,51+,52+,53+,54+,55+,56+,57+,58+,59-,60-,61-,62-,63-,64-,67?,68?,69?,70?,71?/m0/s1. The molecule has 7 aliphatic heterocycles. The first kappa shape index (κ1) is 84.3. The van der Waals surface area contributed by atoms with Gasteiger partial charge in [-0.1, -0.05) is 53.2 Å². The van der Waals surface area contributed by atoms with Crippen LogP contribution in [0.4, 0.5) is 0 Å². The van der Waals surface area contributed by atoms with Crippen LogP contribution in [0.25, 0.3) is 0 Å². The molecule has 12 rings (SSSR count). The molecule has 616 valence electrons. The van der Waals surface area contributed by atoms with Gasteiger partial charge in [-0.05, 0) is 117 Å². The van der Waals surface area contributed by atoms with Crippen LogP contribution in [0.1, 0.15) is 120 Å². The van der Waals surface area contributed by atoms with E-state index >= 15 is 4.79 Å². The highest BCUT2D eigenvalue weighted by atomic mass is 16.8. The number of allylic oxidation sites excluding steroid dienone is 2. The Morgan fingerprint density at radius 1 is 0.449 bits per heavy atom. The van der Waals surface area contributed by atoms with Crippen LogP contribution in [0.2, 0.25) is 0 Å². The first-order valence-corrected chi connectivity index (χ1v) is 37.7. The molecule has 12 aliphatic rings. The molecule has 0 aromatic carbocycles. The van der Waals surface area contributed by atoms with Crippen LogP contribution in [-0.2, 0) is 71.1 Å². The summed E-state index contributed by atoms with van der Waals surface area (Å²) in [6, 6.07) is 0. The molecule has 0 aromatic heterocycles. The Balaban J connectivity index is 0.742. The summed E-state index contributed by atoms with van der Waals surface area (Å²) in [5, 5.41) is 231. The molecular formula is C71H116O36. The van der Waals surface area contributed by atoms with Crippen molar-refractivity contribution in [2.24, 2.45) is 50.2 Å². The summed E-state index contributed by atoms with van der Waals surface area (Å²) in [4.78, 5) is 15.3. The molecule has 7 saturated heterocycles. The van der Waals surface area contributed by atoms with Crippen molar-refractivity contribution in [3.8, 4) is 0 Å². The Morgan fingerprint density at radius 3 is 1.57 bits per heavy atom. The van der Waals surface area contributed by atoms with Crippen molar-refractivity contribution in [1.82, 2.24) is 0 Å². The summed E-state index contributed by atoms with van der Waals surface area (Å²) in [6.07, 6.45) is -52.9. The third-order valence-corrected chi connectivity index (χ3v) is 27.4. The van der Waals surface area contributed by atoms with Gasteiger partial charge in [0, 0.05) is 5.41 Å². The second-order valence-electron chi connectivity index (χ2n) is 34.1. The van der Waals surface area contributed by atoms with Crippen LogP contribution in [-0.4, -0.2) is 368 Å². The number of ether oxygens (including phenoxy) is 14. The van der Waals surface area contributed by atoms with E-state index in [1.165, 1.54) is 13.8 Å². The minimum atomic E-state index is -2.18. The summed E-state index contributed by atoms with van der Waals surface area (Å²) >= 11 is 0. The van der Waals surface area contributed by atoms with Crippen molar-refractivity contribution in [3.63, 3.8) is 0 Å². The van der Waals surface area contributed by atoms with Gasteiger partial charge in [-0.3, -0.25) is 4.79 Å². The van der Waals surface area contributed by atoms with Gasteiger partial charge in [0.25, 0.3) is 0 Å². The number of carbonyl (C=O) groups excluding carboxylic acids is 1. The molecule has 4 saturated carbocycles. The summed E-state index contributed by atoms with van der Waals surface area (Å²) in [5.74, 6) is -1.16. The van der Waals surface area contributed by atoms with E-state index in [2.05, 4.69) is 40.7 Å². The summed E-state index contributed by atoms with van der Waals surface area (Å²) < 4.78 is 84.2. The Labute approximate surface area is 618 Å². The van der Waals surface area contributed by atoms with E-state index in [0.29, 0.717) is 64.2 Å². The van der Waals surface area contributed by atoms with Crippen LogP contribution in [0.3, 0.4) is 0 Å². The predicted octanol–water partition coefficient (Wildman–Crippen LogP) is -6.90. The van der Waals surface area contributed by atoms with Gasteiger partial charge >= 0.3 is 5.97 Å². The van der Waals surface area contributed by atoms with Crippen LogP contribution < -0.4 is 0 Å². The van der Waals surface area contributed by atoms with Gasteiger partial charge in [0.05, 0.1) is 63.4 Å². The second-order valence-corrected chi connectivity index (χ2v) is 34.1. The van der Waals surface area contributed by atoms with Gasteiger partial charge in [-0.15, -0.1) is 0 Å². The molecule has 36 heteroatoms. The fraction of sp³-hybridized carbons (Fsp3) is 0.958. The van der Waals surface area contributed by atoms with Gasteiger partial charge < -0.3 is 174 Å². The number of aliphatic hydroxyl groups is 21. The lowest BCUT2D eigenvalue weighted by molar-refractivity contribution is -0.403. The van der Waals surface area contributed by atoms with Gasteiger partial charge in [0.1, 0.15) is 153 Å². The number of rotatable bonds is 19. The SMILES string of the molecule is C[C@@H]1O[C@@H](O[C@@H]2[C@@H](O)[C@H](O[C@@H]3[C@@H](O)[C@H](C)O[C@@H](O[C@H]4[C@H](OC5CCC6(C)C(CCC7(C)C6CC=C6C8CC(C)(C)CCC8(C(=O)O[C@@H]8O[C@H](CO[C@@H]9O[C@H](CO)[C@@H](O)[C@H](O)[C@H]9O)[C@@H](O)[C@H](O)[C@H]8O)CCC67C)C5(C)CO)OC[C@H](O)[C@@H]4O)[C@@H]3O)O[C@H](CO)[C@H]2O[C@@H]2O[C@H](CO)[C@@H](O)[C@H](O)[C@H]2O)[C@H](O)[C@H](O)[C@H]1O. The molecule has 0 bridgehead atoms. The van der Waals surface area contributed by atoms with E-state index in [0.717, 1.165) is 5.57 Å². The van der Waals surface area contributed by atoms with Crippen LogP contribution >= 0.6 is 0 Å². The molecule has 7 heterocycles. The van der Waals surface area contributed by atoms with Gasteiger partial charge in [0.15, 0.2) is 37.7 Å². The average molecular weight is 1550 g/mol. The lowest BCUT2D eigenvalue weighted by atomic mass is 9.33. The lowest BCUT2D eigenvalue weighted by Crippen LogP contribution is -2.68. The molecule has 5 aliphatic carbocycles. The van der Waals surface area contributed by atoms with Gasteiger partial charge in [-0.25, -0.2) is 0 Å². The van der Waals surface area contributed by atoms with E-state index in [1.807, 2.05) is 6.92 Å². The molecule has 36 nitrogen and oxygen atoms in total. The van der Waals surface area contributed by atoms with E-state index in [-0.39, 0.29) is 35.2 Å². The first-order chi connectivity index (χ1) is 50.3. The normalized spacial score (nSPS) is 55.1. The van der Waals surface area contributed by atoms with Gasteiger partial charge in [-0.2, -0.15) is 0 Å². The Hall–Kier alpha value is -2.15. The van der Waals surface area contributed by atoms with E-state index < -0.39 is 276 Å². The quantitative estimate of drug-likeness (QED) is 0.0325. The highest BCUT2D eigenvalue weighted by Gasteiger charge is 2.71. The molecule has 9 unspecified atom stereocenters. The molecule has 11 fully saturated rings. The molecule has 0 amide bonds. The van der Waals surface area contributed by atoms with Crippen LogP contribution in [0.5, 0.6) is 0 Å². The van der Waals surface area contributed by atoms with Crippen LogP contribution in [0.15, 0.2) is 11.6 Å². The Morgan fingerprint density at radius 2 is 0.944 bits per heavy atom. The van der Waals surface area contributed by atoms with Crippen molar-refractivity contribution in [2.75, 3.05) is 39.6 Å². The number of carbonyl (C=O) groups is 1. The van der Waals surface area contributed by atoms with Crippen LogP contribution in [0, 0.1) is 50.2 Å². The smallest absolute Gasteiger partial charge is 0.315 e. The number of fused-ring (bicyclic) bond motifs is 7. The second kappa shape index (κ2) is 32.1. The fourth-order valence-corrected chi connectivity index (χ4v) is 20.5. The molecule has 0 radical (unpaired) electrons. The summed E-state index contributed by atoms with van der Waals surface area (Å²) in [5.41, 5.74) is -2.50. The van der Waals surface area contributed by atoms with Gasteiger partial charge in [0.2, 0.25) is 6.29 Å². The summed E-state index contributed by atoms with van der Waals surface area (Å²) in [7, 11) is 0. The number of hydrogen-bond donors (Lipinski definition) is 21. The number of hydrogen-bond acceptors (Lipinski definition) is 36. The maximum absolute atomic E-state index is 15.3. The minimum Gasteiger partial charge on any atom is -0.432 e. The highest BCUT2D eigenvalue weighted by Crippen LogP contribution is 2.76. The molecule has 43 atom stereocenters. The topological polar surface area (TPSA) is 571 Å². The minimum absolute atomic E-state index is 0.0219. The van der Waals surface area contributed by atoms with Crippen molar-refractivity contribution < 1.29 is 178 Å². The molecule has 107 heavy (non-hydrogen) atoms. The monoisotopic (exact) mass is 1540 g/mol. The van der Waals surface area contributed by atoms with Crippen molar-refractivity contribution in [3.05, 3.63) is 11.6 Å². The maximum Gasteiger partial charge on any atom is 0.315 e. The Bertz CT molecular complexity index is 3030. The zero-order chi connectivity index (χ0) is 78.0. The first-order valence-electron chi connectivity index (χ1n) is 37.7. The third-order valence-electron chi connectivity index (χ3n) is 27.4. The molecular weight excluding hydrogens is 1430 g/mol. The zero-order valence-electron chi connectivity index (χ0n) is 61.3. The highest BCUT2D eigenvalue weighted by molar-refractivity contribution is 5.79. The van der Waals surface area contributed by atoms with Crippen molar-refractivity contribution >= 4 is 5.97 Å². The molecule has 0 spiro atoms. The average Bonchev–Trinajstić information content (AvgIpc) is 0.673. The van der Waals surface area contributed by atoms with Crippen molar-refractivity contribution in [2.45, 2.75) is 335 Å². The predicted molar refractivity (Wildman–Crippen MR) is 353 cm³/mol. The van der Waals surface area contributed by atoms with Crippen molar-refractivity contribution in [1.29, 1.82) is 0 Å². The molecule has 0 aromatic rings.